The predicted octanol–water partition coefficient (Wildman–Crippen LogP) is 13.2. The minimum atomic E-state index is -0.251. The molecule has 0 aliphatic rings. The molecule has 5 heteroatoms. The zero-order valence-electron chi connectivity index (χ0n) is 37.6. The van der Waals surface area contributed by atoms with Crippen LogP contribution in [0.1, 0.15) is 11.0 Å². The highest BCUT2D eigenvalue weighted by Crippen LogP contribution is 2.43. The van der Waals surface area contributed by atoms with Crippen LogP contribution in [0.2, 0.25) is 0 Å². The average molecular weight is 725 g/mol. The van der Waals surface area contributed by atoms with Crippen LogP contribution in [-0.4, -0.2) is 19.5 Å². The maximum absolute atomic E-state index is 9.59. The van der Waals surface area contributed by atoms with Gasteiger partial charge in [0.05, 0.1) is 27.7 Å². The molecule has 56 heavy (non-hydrogen) atoms. The summed E-state index contributed by atoms with van der Waals surface area (Å²) in [5.74, 6) is 1.10. The van der Waals surface area contributed by atoms with Crippen molar-refractivity contribution >= 4 is 43.7 Å². The molecule has 11 aromatic rings. The standard InChI is InChI=1S/C51H32N4O/c1-4-16-33(17-5-1)37-24-15-28-44-47(37)41-23-10-12-27-43(41)55(44)45-32-36(38-25-14-26-40-39-22-11-13-29-46(39)56-48(38)40)30-31-42(45)51-53-49(34-18-6-2-7-19-34)52-50(54-51)35-20-8-3-9-21-35/h1-32H/i1D,10D,16D,17D,23D,24D,27D,28D. The highest BCUT2D eigenvalue weighted by molar-refractivity contribution is 6.16. The van der Waals surface area contributed by atoms with Gasteiger partial charge >= 0.3 is 0 Å². The Kier molecular flexibility index (Phi) is 5.74. The predicted molar refractivity (Wildman–Crippen MR) is 229 cm³/mol. The van der Waals surface area contributed by atoms with E-state index in [-0.39, 0.29) is 87.1 Å². The quantitative estimate of drug-likeness (QED) is 0.171. The molecule has 0 radical (unpaired) electrons. The molecule has 11 rings (SSSR count). The van der Waals surface area contributed by atoms with Gasteiger partial charge in [0.2, 0.25) is 0 Å². The highest BCUT2D eigenvalue weighted by atomic mass is 16.3. The average Bonchev–Trinajstić information content (AvgIpc) is 3.87. The number of hydrogen-bond acceptors (Lipinski definition) is 4. The van der Waals surface area contributed by atoms with E-state index < -0.39 is 0 Å². The summed E-state index contributed by atoms with van der Waals surface area (Å²) in [6.07, 6.45) is 0. The summed E-state index contributed by atoms with van der Waals surface area (Å²) in [4.78, 5) is 15.1. The molecule has 0 unspecified atom stereocenters. The third-order valence-electron chi connectivity index (χ3n) is 10.1. The van der Waals surface area contributed by atoms with Crippen LogP contribution in [0.5, 0.6) is 0 Å². The van der Waals surface area contributed by atoms with Crippen LogP contribution in [0, 0.1) is 0 Å². The van der Waals surface area contributed by atoms with E-state index >= 15 is 0 Å². The van der Waals surface area contributed by atoms with E-state index in [4.69, 9.17) is 24.9 Å². The van der Waals surface area contributed by atoms with E-state index in [2.05, 4.69) is 0 Å². The lowest BCUT2D eigenvalue weighted by molar-refractivity contribution is 0.670. The fourth-order valence-corrected chi connectivity index (χ4v) is 7.54. The van der Waals surface area contributed by atoms with Gasteiger partial charge in [0.25, 0.3) is 0 Å². The van der Waals surface area contributed by atoms with Gasteiger partial charge in [-0.05, 0) is 47.0 Å². The molecule has 0 bridgehead atoms. The Morgan fingerprint density at radius 3 is 1.89 bits per heavy atom. The van der Waals surface area contributed by atoms with Crippen LogP contribution in [-0.2, 0) is 0 Å². The second-order valence-electron chi connectivity index (χ2n) is 13.3. The van der Waals surface area contributed by atoms with E-state index in [0.29, 0.717) is 34.0 Å². The number of benzene rings is 8. The fourth-order valence-electron chi connectivity index (χ4n) is 7.54. The lowest BCUT2D eigenvalue weighted by atomic mass is 9.99. The molecule has 3 aromatic heterocycles. The van der Waals surface area contributed by atoms with E-state index in [9.17, 15) is 5.48 Å². The van der Waals surface area contributed by atoms with Crippen molar-refractivity contribution in [3.63, 3.8) is 0 Å². The molecule has 262 valence electrons. The highest BCUT2D eigenvalue weighted by Gasteiger charge is 2.22. The minimum absolute atomic E-state index is 0.0365. The number of aromatic nitrogens is 4. The zero-order valence-corrected chi connectivity index (χ0v) is 29.6. The van der Waals surface area contributed by atoms with Crippen molar-refractivity contribution in [2.45, 2.75) is 0 Å². The van der Waals surface area contributed by atoms with Crippen LogP contribution in [0.15, 0.2) is 198 Å². The lowest BCUT2D eigenvalue weighted by Crippen LogP contribution is -2.04. The molecule has 0 fully saturated rings. The van der Waals surface area contributed by atoms with Crippen molar-refractivity contribution in [3.05, 3.63) is 194 Å². The molecule has 0 saturated heterocycles. The first-order valence-electron chi connectivity index (χ1n) is 22.1. The number of fused-ring (bicyclic) bond motifs is 6. The van der Waals surface area contributed by atoms with Crippen molar-refractivity contribution in [1.82, 2.24) is 19.5 Å². The number of para-hydroxylation sites is 3. The number of hydrogen-bond donors (Lipinski definition) is 0. The van der Waals surface area contributed by atoms with E-state index in [0.717, 1.165) is 33.0 Å². The second kappa shape index (κ2) is 13.0. The van der Waals surface area contributed by atoms with Gasteiger partial charge in [-0.1, -0.05) is 164 Å². The third kappa shape index (κ3) is 5.21. The van der Waals surface area contributed by atoms with Crippen LogP contribution in [0.4, 0.5) is 0 Å². The first-order chi connectivity index (χ1) is 31.0. The zero-order chi connectivity index (χ0) is 44.0. The topological polar surface area (TPSA) is 56.7 Å². The number of nitrogens with zero attached hydrogens (tertiary/aromatic N) is 4. The van der Waals surface area contributed by atoms with Gasteiger partial charge in [-0.2, -0.15) is 0 Å². The van der Waals surface area contributed by atoms with Gasteiger partial charge in [-0.15, -0.1) is 0 Å². The lowest BCUT2D eigenvalue weighted by Gasteiger charge is -2.17. The Morgan fingerprint density at radius 1 is 0.429 bits per heavy atom. The van der Waals surface area contributed by atoms with Crippen molar-refractivity contribution in [2.24, 2.45) is 0 Å². The smallest absolute Gasteiger partial charge is 0.166 e. The monoisotopic (exact) mass is 724 g/mol. The second-order valence-corrected chi connectivity index (χ2v) is 13.3. The van der Waals surface area contributed by atoms with Crippen molar-refractivity contribution in [3.8, 4) is 62.1 Å². The maximum Gasteiger partial charge on any atom is 0.166 e. The van der Waals surface area contributed by atoms with Crippen LogP contribution in [0.3, 0.4) is 0 Å². The minimum Gasteiger partial charge on any atom is -0.455 e. The molecule has 0 aliphatic heterocycles. The molecular formula is C51H32N4O. The van der Waals surface area contributed by atoms with Crippen molar-refractivity contribution < 1.29 is 15.4 Å². The summed E-state index contributed by atoms with van der Waals surface area (Å²) >= 11 is 0. The van der Waals surface area contributed by atoms with Gasteiger partial charge in [0, 0.05) is 43.8 Å². The molecule has 5 nitrogen and oxygen atoms in total. The summed E-state index contributed by atoms with van der Waals surface area (Å²) in [5, 5.41) is 2.15. The molecule has 0 amide bonds. The van der Waals surface area contributed by atoms with E-state index in [1.807, 2.05) is 121 Å². The Hall–Kier alpha value is -7.63. The Balaban J connectivity index is 1.31. The SMILES string of the molecule is [2H]c1cc([2H])c(-c2c([2H])cc([2H])c3c2c2c([2H])c([2H])cc([2H])c2n3-c2cc(-c3cccc4c3oc3ccccc34)ccc2-c2nc(-c3ccccc3)nc(-c3ccccc3)n2)c([2H])c1. The Bertz CT molecular complexity index is 3640. The molecule has 0 N–H and O–H groups in total. The van der Waals surface area contributed by atoms with Crippen LogP contribution >= 0.6 is 0 Å². The molecule has 0 saturated carbocycles. The van der Waals surface area contributed by atoms with Gasteiger partial charge in [-0.3, -0.25) is 0 Å². The van der Waals surface area contributed by atoms with Gasteiger partial charge in [0.1, 0.15) is 11.2 Å². The Labute approximate surface area is 334 Å². The first kappa shape index (κ1) is 24.6. The van der Waals surface area contributed by atoms with E-state index in [1.54, 1.807) is 4.57 Å². The number of furan rings is 1. The molecule has 0 atom stereocenters. The Morgan fingerprint density at radius 2 is 1.11 bits per heavy atom. The molecule has 0 spiro atoms. The number of rotatable bonds is 6. The summed E-state index contributed by atoms with van der Waals surface area (Å²) in [6, 6.07) is 42.5. The molecular weight excluding hydrogens is 685 g/mol. The van der Waals surface area contributed by atoms with Gasteiger partial charge in [0.15, 0.2) is 17.5 Å². The maximum atomic E-state index is 9.59. The molecule has 3 heterocycles. The van der Waals surface area contributed by atoms with Crippen molar-refractivity contribution in [2.75, 3.05) is 0 Å². The van der Waals surface area contributed by atoms with Crippen molar-refractivity contribution in [1.29, 1.82) is 0 Å². The van der Waals surface area contributed by atoms with Gasteiger partial charge in [-0.25, -0.2) is 15.0 Å². The first-order valence-corrected chi connectivity index (χ1v) is 18.1. The summed E-state index contributed by atoms with van der Waals surface area (Å²) < 4.78 is 80.9. The van der Waals surface area contributed by atoms with E-state index in [1.165, 1.54) is 24.3 Å². The molecule has 0 aliphatic carbocycles. The van der Waals surface area contributed by atoms with Crippen LogP contribution in [0.25, 0.3) is 106 Å². The van der Waals surface area contributed by atoms with Gasteiger partial charge < -0.3 is 8.98 Å². The normalized spacial score (nSPS) is 13.6. The summed E-state index contributed by atoms with van der Waals surface area (Å²) in [7, 11) is 0. The fraction of sp³-hybridized carbons (Fsp3) is 0. The largest absolute Gasteiger partial charge is 0.455 e. The molecule has 8 aromatic carbocycles. The summed E-state index contributed by atoms with van der Waals surface area (Å²) in [5.41, 5.74) is 5.74. The third-order valence-corrected chi connectivity index (χ3v) is 10.1. The van der Waals surface area contributed by atoms with Crippen LogP contribution < -0.4 is 0 Å². The summed E-state index contributed by atoms with van der Waals surface area (Å²) in [6.45, 7) is 0.